The second-order valence-corrected chi connectivity index (χ2v) is 8.23. The minimum atomic E-state index is -4.57. The number of halogens is 4. The van der Waals surface area contributed by atoms with Crippen molar-refractivity contribution in [1.82, 2.24) is 9.97 Å². The first-order valence-corrected chi connectivity index (χ1v) is 10.5. The number of anilines is 4. The van der Waals surface area contributed by atoms with Gasteiger partial charge in [-0.2, -0.15) is 18.2 Å². The molecule has 3 aromatic rings. The summed E-state index contributed by atoms with van der Waals surface area (Å²) in [6, 6.07) is 14.8. The maximum atomic E-state index is 13.5. The highest BCUT2D eigenvalue weighted by Gasteiger charge is 2.35. The highest BCUT2D eigenvalue weighted by Crippen LogP contribution is 2.37. The average Bonchev–Trinajstić information content (AvgIpc) is 3.24. The fraction of sp³-hybridized carbons (Fsp3) is 0.273. The summed E-state index contributed by atoms with van der Waals surface area (Å²) >= 11 is 3.35. The number of hydrogen-bond acceptors (Lipinski definition) is 4. The van der Waals surface area contributed by atoms with Gasteiger partial charge in [-0.25, -0.2) is 4.98 Å². The van der Waals surface area contributed by atoms with E-state index >= 15 is 0 Å². The van der Waals surface area contributed by atoms with E-state index in [9.17, 15) is 13.2 Å². The van der Waals surface area contributed by atoms with E-state index in [2.05, 4.69) is 36.5 Å². The summed E-state index contributed by atoms with van der Waals surface area (Å²) in [6.07, 6.45) is 0.853. The molecule has 0 atom stereocenters. The van der Waals surface area contributed by atoms with Gasteiger partial charge in [-0.1, -0.05) is 40.9 Å². The predicted octanol–water partition coefficient (Wildman–Crippen LogP) is 7.40. The highest BCUT2D eigenvalue weighted by molar-refractivity contribution is 9.10. The number of nitrogens with zero attached hydrogens (tertiary/aromatic N) is 2. The molecule has 0 amide bonds. The van der Waals surface area contributed by atoms with E-state index in [1.807, 2.05) is 30.3 Å². The summed E-state index contributed by atoms with van der Waals surface area (Å²) in [7, 11) is 0. The first-order chi connectivity index (χ1) is 14.4. The SMILES string of the molecule is FC(F)(F)c1cnc(Nc2ccc(Br)cc2)nc1Nc1cccc(C2CCCC2)c1. The molecule has 1 aliphatic rings. The Morgan fingerprint density at radius 3 is 2.37 bits per heavy atom. The fourth-order valence-electron chi connectivity index (χ4n) is 3.67. The van der Waals surface area contributed by atoms with Crippen LogP contribution in [0.3, 0.4) is 0 Å². The van der Waals surface area contributed by atoms with Gasteiger partial charge in [0.15, 0.2) is 0 Å². The molecular formula is C22H20BrF3N4. The Morgan fingerprint density at radius 2 is 1.67 bits per heavy atom. The second-order valence-electron chi connectivity index (χ2n) is 7.32. The molecule has 0 bridgehead atoms. The number of alkyl halides is 3. The maximum absolute atomic E-state index is 13.5. The minimum Gasteiger partial charge on any atom is -0.340 e. The molecule has 2 aromatic carbocycles. The van der Waals surface area contributed by atoms with Crippen molar-refractivity contribution in [1.29, 1.82) is 0 Å². The van der Waals surface area contributed by atoms with Crippen LogP contribution in [0.25, 0.3) is 0 Å². The van der Waals surface area contributed by atoms with Gasteiger partial charge >= 0.3 is 6.18 Å². The minimum absolute atomic E-state index is 0.0831. The summed E-state index contributed by atoms with van der Waals surface area (Å²) < 4.78 is 41.5. The number of aromatic nitrogens is 2. The smallest absolute Gasteiger partial charge is 0.340 e. The molecule has 1 heterocycles. The Labute approximate surface area is 181 Å². The van der Waals surface area contributed by atoms with Gasteiger partial charge < -0.3 is 10.6 Å². The number of rotatable bonds is 5. The van der Waals surface area contributed by atoms with E-state index in [1.165, 1.54) is 12.8 Å². The lowest BCUT2D eigenvalue weighted by Gasteiger charge is -2.16. The van der Waals surface area contributed by atoms with E-state index in [0.29, 0.717) is 17.3 Å². The van der Waals surface area contributed by atoms with Crippen LogP contribution in [0, 0.1) is 0 Å². The van der Waals surface area contributed by atoms with Gasteiger partial charge in [-0.3, -0.25) is 0 Å². The van der Waals surface area contributed by atoms with Crippen molar-refractivity contribution in [2.45, 2.75) is 37.8 Å². The summed E-state index contributed by atoms with van der Waals surface area (Å²) in [5.41, 5.74) is 1.49. The quantitative estimate of drug-likeness (QED) is 0.402. The fourth-order valence-corrected chi connectivity index (χ4v) is 3.94. The Morgan fingerprint density at radius 1 is 0.933 bits per heavy atom. The zero-order chi connectivity index (χ0) is 21.1. The van der Waals surface area contributed by atoms with Crippen molar-refractivity contribution in [3.63, 3.8) is 0 Å². The molecular weight excluding hydrogens is 457 g/mol. The predicted molar refractivity (Wildman–Crippen MR) is 115 cm³/mol. The van der Waals surface area contributed by atoms with Gasteiger partial charge in [0.05, 0.1) is 0 Å². The topological polar surface area (TPSA) is 49.8 Å². The van der Waals surface area contributed by atoms with Gasteiger partial charge in [0.1, 0.15) is 11.4 Å². The molecule has 0 saturated heterocycles. The van der Waals surface area contributed by atoms with Gasteiger partial charge in [0.2, 0.25) is 5.95 Å². The Bertz CT molecular complexity index is 1020. The van der Waals surface area contributed by atoms with E-state index in [0.717, 1.165) is 29.1 Å². The van der Waals surface area contributed by atoms with Crippen molar-refractivity contribution in [2.75, 3.05) is 10.6 Å². The molecule has 30 heavy (non-hydrogen) atoms. The third kappa shape index (κ3) is 4.92. The first-order valence-electron chi connectivity index (χ1n) is 9.72. The molecule has 4 rings (SSSR count). The molecule has 8 heteroatoms. The number of nitrogens with one attached hydrogen (secondary N) is 2. The molecule has 0 unspecified atom stereocenters. The first kappa shape index (κ1) is 20.7. The molecule has 1 aliphatic carbocycles. The largest absolute Gasteiger partial charge is 0.421 e. The number of hydrogen-bond donors (Lipinski definition) is 2. The summed E-state index contributed by atoms with van der Waals surface area (Å²) in [5, 5.41) is 5.80. The average molecular weight is 477 g/mol. The van der Waals surface area contributed by atoms with E-state index in [1.54, 1.807) is 18.2 Å². The summed E-state index contributed by atoms with van der Waals surface area (Å²) in [4.78, 5) is 7.97. The van der Waals surface area contributed by atoms with Crippen LogP contribution in [0.2, 0.25) is 0 Å². The van der Waals surface area contributed by atoms with Crippen molar-refractivity contribution >= 4 is 39.1 Å². The van der Waals surface area contributed by atoms with Crippen LogP contribution in [0.4, 0.5) is 36.3 Å². The monoisotopic (exact) mass is 476 g/mol. The number of benzene rings is 2. The molecule has 1 fully saturated rings. The Hall–Kier alpha value is -2.61. The van der Waals surface area contributed by atoms with Crippen LogP contribution in [-0.4, -0.2) is 9.97 Å². The lowest BCUT2D eigenvalue weighted by molar-refractivity contribution is -0.137. The standard InChI is InChI=1S/C22H20BrF3N4/c23-16-8-10-17(11-9-16)29-21-27-13-19(22(24,25)26)20(30-21)28-18-7-3-6-15(12-18)14-4-1-2-5-14/h3,6-14H,1-2,4-5H2,(H2,27,28,29,30). The second kappa shape index (κ2) is 8.63. The third-order valence-corrected chi connectivity index (χ3v) is 5.70. The maximum Gasteiger partial charge on any atom is 0.421 e. The Kier molecular flexibility index (Phi) is 5.94. The van der Waals surface area contributed by atoms with Gasteiger partial charge in [0.25, 0.3) is 0 Å². The van der Waals surface area contributed by atoms with E-state index < -0.39 is 11.7 Å². The van der Waals surface area contributed by atoms with Crippen LogP contribution in [0.5, 0.6) is 0 Å². The van der Waals surface area contributed by atoms with Crippen molar-refractivity contribution < 1.29 is 13.2 Å². The van der Waals surface area contributed by atoms with Gasteiger partial charge in [-0.05, 0) is 60.7 Å². The Balaban J connectivity index is 1.63. The highest BCUT2D eigenvalue weighted by atomic mass is 79.9. The molecule has 156 valence electrons. The van der Waals surface area contributed by atoms with Gasteiger partial charge in [-0.15, -0.1) is 0 Å². The lowest BCUT2D eigenvalue weighted by Crippen LogP contribution is -2.12. The lowest BCUT2D eigenvalue weighted by atomic mass is 9.97. The molecule has 0 aliphatic heterocycles. The van der Waals surface area contributed by atoms with Crippen molar-refractivity contribution in [3.05, 3.63) is 70.3 Å². The molecule has 0 spiro atoms. The molecule has 4 nitrogen and oxygen atoms in total. The van der Waals surface area contributed by atoms with Crippen molar-refractivity contribution in [2.24, 2.45) is 0 Å². The molecule has 2 N–H and O–H groups in total. The summed E-state index contributed by atoms with van der Waals surface area (Å²) in [5.74, 6) is 0.273. The third-order valence-electron chi connectivity index (χ3n) is 5.17. The van der Waals surface area contributed by atoms with Crippen molar-refractivity contribution in [3.8, 4) is 0 Å². The van der Waals surface area contributed by atoms with Crippen LogP contribution in [0.15, 0.2) is 59.2 Å². The molecule has 0 radical (unpaired) electrons. The molecule has 1 saturated carbocycles. The van der Waals surface area contributed by atoms with Crippen LogP contribution < -0.4 is 10.6 Å². The van der Waals surface area contributed by atoms with E-state index in [4.69, 9.17) is 0 Å². The zero-order valence-corrected chi connectivity index (χ0v) is 17.6. The van der Waals surface area contributed by atoms with Crippen LogP contribution in [0.1, 0.15) is 42.7 Å². The normalized spacial score (nSPS) is 14.7. The van der Waals surface area contributed by atoms with Crippen LogP contribution >= 0.6 is 15.9 Å². The summed E-state index contributed by atoms with van der Waals surface area (Å²) in [6.45, 7) is 0. The van der Waals surface area contributed by atoms with E-state index in [-0.39, 0.29) is 11.8 Å². The zero-order valence-electron chi connectivity index (χ0n) is 16.0. The van der Waals surface area contributed by atoms with Crippen LogP contribution in [-0.2, 0) is 6.18 Å². The molecule has 1 aromatic heterocycles. The van der Waals surface area contributed by atoms with Gasteiger partial charge in [0, 0.05) is 22.0 Å².